The van der Waals surface area contributed by atoms with Gasteiger partial charge in [-0.1, -0.05) is 0 Å². The molecule has 22 heavy (non-hydrogen) atoms. The van der Waals surface area contributed by atoms with Gasteiger partial charge in [0, 0.05) is 16.6 Å². The smallest absolute Gasteiger partial charge is 0.123 e. The quantitative estimate of drug-likeness (QED) is 0.808. The summed E-state index contributed by atoms with van der Waals surface area (Å²) in [7, 11) is 0. The average molecular weight is 316 g/mol. The Bertz CT molecular complexity index is 573. The second-order valence-electron chi connectivity index (χ2n) is 6.00. The van der Waals surface area contributed by atoms with Crippen molar-refractivity contribution < 1.29 is 4.74 Å². The maximum absolute atomic E-state index is 5.86. The molecule has 1 aromatic carbocycles. The standard InChI is InChI=1S/C18H24N2OS/c1-14-13-22-18(20-14)16-4-6-17(7-5-16)21-12-2-3-15-8-10-19-11-9-15/h4-7,13,15,19H,2-3,8-12H2,1H3. The van der Waals surface area contributed by atoms with Crippen LogP contribution in [0.4, 0.5) is 0 Å². The topological polar surface area (TPSA) is 34.1 Å². The summed E-state index contributed by atoms with van der Waals surface area (Å²) in [4.78, 5) is 4.51. The van der Waals surface area contributed by atoms with E-state index in [4.69, 9.17) is 4.74 Å². The molecule has 1 aliphatic heterocycles. The zero-order valence-electron chi connectivity index (χ0n) is 13.2. The number of nitrogens with zero attached hydrogens (tertiary/aromatic N) is 1. The number of hydrogen-bond donors (Lipinski definition) is 1. The van der Waals surface area contributed by atoms with Crippen LogP contribution in [-0.2, 0) is 0 Å². The molecule has 0 amide bonds. The number of rotatable bonds is 6. The van der Waals surface area contributed by atoms with Crippen molar-refractivity contribution in [2.24, 2.45) is 5.92 Å². The molecule has 0 aliphatic carbocycles. The lowest BCUT2D eigenvalue weighted by atomic mass is 9.93. The lowest BCUT2D eigenvalue weighted by molar-refractivity contribution is 0.274. The summed E-state index contributed by atoms with van der Waals surface area (Å²) in [6.45, 7) is 5.21. The molecule has 1 aliphatic rings. The van der Waals surface area contributed by atoms with Crippen LogP contribution in [0, 0.1) is 12.8 Å². The number of aromatic nitrogens is 1. The van der Waals surface area contributed by atoms with E-state index in [9.17, 15) is 0 Å². The van der Waals surface area contributed by atoms with Crippen LogP contribution in [-0.4, -0.2) is 24.7 Å². The van der Waals surface area contributed by atoms with E-state index < -0.39 is 0 Å². The number of benzene rings is 1. The molecule has 118 valence electrons. The summed E-state index contributed by atoms with van der Waals surface area (Å²) in [5.74, 6) is 1.85. The zero-order chi connectivity index (χ0) is 15.2. The van der Waals surface area contributed by atoms with Crippen molar-refractivity contribution in [3.8, 4) is 16.3 Å². The number of thiazole rings is 1. The molecule has 0 saturated carbocycles. The first-order chi connectivity index (χ1) is 10.8. The van der Waals surface area contributed by atoms with Gasteiger partial charge in [0.25, 0.3) is 0 Å². The fraction of sp³-hybridized carbons (Fsp3) is 0.500. The van der Waals surface area contributed by atoms with E-state index in [2.05, 4.69) is 39.9 Å². The molecule has 3 nitrogen and oxygen atoms in total. The van der Waals surface area contributed by atoms with Crippen molar-refractivity contribution in [3.05, 3.63) is 35.3 Å². The highest BCUT2D eigenvalue weighted by atomic mass is 32.1. The lowest BCUT2D eigenvalue weighted by Crippen LogP contribution is -2.27. The molecule has 1 aromatic heterocycles. The predicted octanol–water partition coefficient (Wildman–Crippen LogP) is 4.28. The van der Waals surface area contributed by atoms with Gasteiger partial charge in [-0.3, -0.25) is 0 Å². The second kappa shape index (κ2) is 7.75. The lowest BCUT2D eigenvalue weighted by Gasteiger charge is -2.22. The van der Waals surface area contributed by atoms with Crippen molar-refractivity contribution in [1.82, 2.24) is 10.3 Å². The molecule has 3 rings (SSSR count). The summed E-state index contributed by atoms with van der Waals surface area (Å²) >= 11 is 1.69. The monoisotopic (exact) mass is 316 g/mol. The third-order valence-electron chi connectivity index (χ3n) is 4.20. The Balaban J connectivity index is 1.43. The van der Waals surface area contributed by atoms with Crippen molar-refractivity contribution in [2.75, 3.05) is 19.7 Å². The first-order valence-electron chi connectivity index (χ1n) is 8.17. The Kier molecular flexibility index (Phi) is 5.46. The van der Waals surface area contributed by atoms with Crippen LogP contribution in [0.1, 0.15) is 31.4 Å². The molecule has 0 radical (unpaired) electrons. The highest BCUT2D eigenvalue weighted by Gasteiger charge is 2.12. The van der Waals surface area contributed by atoms with Crippen LogP contribution in [0.15, 0.2) is 29.6 Å². The van der Waals surface area contributed by atoms with E-state index in [-0.39, 0.29) is 0 Å². The Morgan fingerprint density at radius 2 is 2.00 bits per heavy atom. The van der Waals surface area contributed by atoms with Crippen LogP contribution >= 0.6 is 11.3 Å². The SMILES string of the molecule is Cc1csc(-c2ccc(OCCCC3CCNCC3)cc2)n1. The van der Waals surface area contributed by atoms with Crippen LogP contribution in [0.3, 0.4) is 0 Å². The van der Waals surface area contributed by atoms with Crippen LogP contribution in [0.5, 0.6) is 5.75 Å². The molecular weight excluding hydrogens is 292 g/mol. The van der Waals surface area contributed by atoms with E-state index in [1.807, 2.05) is 6.92 Å². The first kappa shape index (κ1) is 15.5. The molecule has 0 spiro atoms. The molecule has 0 atom stereocenters. The van der Waals surface area contributed by atoms with Crippen LogP contribution < -0.4 is 10.1 Å². The number of nitrogens with one attached hydrogen (secondary N) is 1. The van der Waals surface area contributed by atoms with Gasteiger partial charge >= 0.3 is 0 Å². The van der Waals surface area contributed by atoms with Crippen molar-refractivity contribution in [2.45, 2.75) is 32.6 Å². The van der Waals surface area contributed by atoms with Crippen LogP contribution in [0.2, 0.25) is 0 Å². The predicted molar refractivity (Wildman–Crippen MR) is 92.6 cm³/mol. The summed E-state index contributed by atoms with van der Waals surface area (Å²) in [5.41, 5.74) is 2.25. The Hall–Kier alpha value is -1.39. The molecule has 1 fully saturated rings. The van der Waals surface area contributed by atoms with Gasteiger partial charge in [0.05, 0.1) is 6.61 Å². The summed E-state index contributed by atoms with van der Waals surface area (Å²) in [5, 5.41) is 6.58. The van der Waals surface area contributed by atoms with Crippen molar-refractivity contribution in [1.29, 1.82) is 0 Å². The van der Waals surface area contributed by atoms with Crippen molar-refractivity contribution in [3.63, 3.8) is 0 Å². The molecule has 2 heterocycles. The van der Waals surface area contributed by atoms with Gasteiger partial charge < -0.3 is 10.1 Å². The van der Waals surface area contributed by atoms with E-state index >= 15 is 0 Å². The van der Waals surface area contributed by atoms with Crippen LogP contribution in [0.25, 0.3) is 10.6 Å². The molecule has 2 aromatic rings. The van der Waals surface area contributed by atoms with Gasteiger partial charge in [-0.25, -0.2) is 4.98 Å². The zero-order valence-corrected chi connectivity index (χ0v) is 14.0. The highest BCUT2D eigenvalue weighted by molar-refractivity contribution is 7.13. The minimum atomic E-state index is 0.819. The third kappa shape index (κ3) is 4.31. The normalized spacial score (nSPS) is 15.9. The van der Waals surface area contributed by atoms with Gasteiger partial charge in [-0.15, -0.1) is 11.3 Å². The number of piperidine rings is 1. The van der Waals surface area contributed by atoms with Gasteiger partial charge in [0.15, 0.2) is 0 Å². The van der Waals surface area contributed by atoms with Crippen molar-refractivity contribution >= 4 is 11.3 Å². The van der Waals surface area contributed by atoms with E-state index in [1.54, 1.807) is 11.3 Å². The van der Waals surface area contributed by atoms with E-state index in [0.29, 0.717) is 0 Å². The number of aryl methyl sites for hydroxylation is 1. The summed E-state index contributed by atoms with van der Waals surface area (Å²) < 4.78 is 5.86. The highest BCUT2D eigenvalue weighted by Crippen LogP contribution is 2.25. The summed E-state index contributed by atoms with van der Waals surface area (Å²) in [6, 6.07) is 8.30. The van der Waals surface area contributed by atoms with Gasteiger partial charge in [0.2, 0.25) is 0 Å². The minimum absolute atomic E-state index is 0.819. The fourth-order valence-corrected chi connectivity index (χ4v) is 3.72. The molecule has 4 heteroatoms. The molecule has 0 unspecified atom stereocenters. The molecule has 0 bridgehead atoms. The maximum atomic E-state index is 5.86. The maximum Gasteiger partial charge on any atom is 0.123 e. The molecule has 1 N–H and O–H groups in total. The van der Waals surface area contributed by atoms with E-state index in [1.165, 1.54) is 37.9 Å². The first-order valence-corrected chi connectivity index (χ1v) is 9.05. The minimum Gasteiger partial charge on any atom is -0.494 e. The fourth-order valence-electron chi connectivity index (χ4n) is 2.91. The average Bonchev–Trinajstić information content (AvgIpc) is 3.00. The number of ether oxygens (including phenoxy) is 1. The van der Waals surface area contributed by atoms with E-state index in [0.717, 1.165) is 35.4 Å². The molecular formula is C18H24N2OS. The Morgan fingerprint density at radius 3 is 2.68 bits per heavy atom. The molecule has 1 saturated heterocycles. The Labute approximate surface area is 136 Å². The van der Waals surface area contributed by atoms with Gasteiger partial charge in [-0.05, 0) is 75.9 Å². The summed E-state index contributed by atoms with van der Waals surface area (Å²) in [6.07, 6.45) is 5.08. The van der Waals surface area contributed by atoms with Gasteiger partial charge in [0.1, 0.15) is 10.8 Å². The third-order valence-corrected chi connectivity index (χ3v) is 5.21. The Morgan fingerprint density at radius 1 is 1.23 bits per heavy atom. The largest absolute Gasteiger partial charge is 0.494 e. The second-order valence-corrected chi connectivity index (χ2v) is 6.86. The number of hydrogen-bond acceptors (Lipinski definition) is 4. The van der Waals surface area contributed by atoms with Gasteiger partial charge in [-0.2, -0.15) is 0 Å².